The number of aromatic nitrogens is 1. The maximum Gasteiger partial charge on any atom is 0.191 e. The minimum Gasteiger partial charge on any atom is -0.469 e. The predicted molar refractivity (Wildman–Crippen MR) is 99.6 cm³/mol. The third-order valence-corrected chi connectivity index (χ3v) is 4.03. The number of guanidine groups is 1. The average molecular weight is 344 g/mol. The maximum absolute atomic E-state index is 5.42. The van der Waals surface area contributed by atoms with Gasteiger partial charge in [-0.1, -0.05) is 25.1 Å². The smallest absolute Gasteiger partial charge is 0.191 e. The van der Waals surface area contributed by atoms with E-state index in [9.17, 15) is 0 Å². The number of furan rings is 1. The molecule has 0 aromatic carbocycles. The van der Waals surface area contributed by atoms with Gasteiger partial charge in [0.25, 0.3) is 0 Å². The topological polar surface area (TPSA) is 75.6 Å². The van der Waals surface area contributed by atoms with E-state index in [1.54, 1.807) is 12.3 Å². The second-order valence-electron chi connectivity index (χ2n) is 5.82. The Bertz CT molecular complexity index is 642. The quantitative estimate of drug-likeness (QED) is 0.391. The molecular formula is C19H28N4O2. The van der Waals surface area contributed by atoms with Crippen LogP contribution in [0.5, 0.6) is 0 Å². The number of hydrogen-bond donors (Lipinski definition) is 2. The molecule has 2 rings (SSSR count). The van der Waals surface area contributed by atoms with E-state index in [1.807, 2.05) is 18.2 Å². The number of aliphatic imine (C=N–C) groups is 1. The van der Waals surface area contributed by atoms with E-state index in [2.05, 4.69) is 41.2 Å². The normalized spacial score (nSPS) is 11.7. The fourth-order valence-electron chi connectivity index (χ4n) is 2.56. The van der Waals surface area contributed by atoms with Crippen LogP contribution < -0.4 is 10.6 Å². The van der Waals surface area contributed by atoms with Crippen molar-refractivity contribution in [2.45, 2.75) is 45.6 Å². The summed E-state index contributed by atoms with van der Waals surface area (Å²) in [6.45, 7) is 9.87. The van der Waals surface area contributed by atoms with Gasteiger partial charge in [-0.25, -0.2) is 4.99 Å². The predicted octanol–water partition coefficient (Wildman–Crippen LogP) is 3.64. The van der Waals surface area contributed by atoms with Crippen LogP contribution >= 0.6 is 0 Å². The highest BCUT2D eigenvalue weighted by Crippen LogP contribution is 2.22. The summed E-state index contributed by atoms with van der Waals surface area (Å²) in [4.78, 5) is 4.56. The fraction of sp³-hybridized carbons (Fsp3) is 0.474. The first-order chi connectivity index (χ1) is 12.3. The van der Waals surface area contributed by atoms with Crippen molar-refractivity contribution in [1.29, 1.82) is 0 Å². The van der Waals surface area contributed by atoms with Crippen LogP contribution in [0.25, 0.3) is 0 Å². The lowest BCUT2D eigenvalue weighted by atomic mass is 9.99. The summed E-state index contributed by atoms with van der Waals surface area (Å²) in [5, 5.41) is 10.7. The molecule has 2 heterocycles. The van der Waals surface area contributed by atoms with E-state index >= 15 is 0 Å². The van der Waals surface area contributed by atoms with Crippen molar-refractivity contribution in [2.75, 3.05) is 13.1 Å². The Morgan fingerprint density at radius 1 is 1.32 bits per heavy atom. The summed E-state index contributed by atoms with van der Waals surface area (Å²) in [6.07, 6.45) is 6.40. The number of nitrogens with zero attached hydrogens (tertiary/aromatic N) is 2. The highest BCUT2D eigenvalue weighted by molar-refractivity contribution is 5.79. The summed E-state index contributed by atoms with van der Waals surface area (Å²) >= 11 is 0. The van der Waals surface area contributed by atoms with Crippen LogP contribution in [-0.4, -0.2) is 24.2 Å². The van der Waals surface area contributed by atoms with Crippen molar-refractivity contribution in [1.82, 2.24) is 15.8 Å². The van der Waals surface area contributed by atoms with Gasteiger partial charge in [-0.15, -0.1) is 6.58 Å². The van der Waals surface area contributed by atoms with Gasteiger partial charge in [0.2, 0.25) is 0 Å². The third-order valence-electron chi connectivity index (χ3n) is 4.03. The first kappa shape index (κ1) is 18.8. The van der Waals surface area contributed by atoms with E-state index in [0.29, 0.717) is 25.0 Å². The molecule has 0 unspecified atom stereocenters. The number of rotatable bonds is 10. The zero-order valence-corrected chi connectivity index (χ0v) is 15.1. The molecule has 0 aliphatic rings. The summed E-state index contributed by atoms with van der Waals surface area (Å²) < 4.78 is 10.8. The first-order valence-corrected chi connectivity index (χ1v) is 8.87. The highest BCUT2D eigenvalue weighted by atomic mass is 16.5. The second-order valence-corrected chi connectivity index (χ2v) is 5.82. The van der Waals surface area contributed by atoms with Gasteiger partial charge in [0.15, 0.2) is 11.7 Å². The summed E-state index contributed by atoms with van der Waals surface area (Å²) in [5.74, 6) is 2.88. The lowest BCUT2D eigenvalue weighted by Crippen LogP contribution is -2.38. The van der Waals surface area contributed by atoms with Crippen molar-refractivity contribution in [3.63, 3.8) is 0 Å². The van der Waals surface area contributed by atoms with E-state index in [4.69, 9.17) is 8.94 Å². The molecule has 6 nitrogen and oxygen atoms in total. The molecule has 0 saturated heterocycles. The van der Waals surface area contributed by atoms with E-state index in [-0.39, 0.29) is 0 Å². The van der Waals surface area contributed by atoms with Crippen LogP contribution in [0, 0.1) is 0 Å². The van der Waals surface area contributed by atoms with Crippen molar-refractivity contribution in [3.8, 4) is 0 Å². The highest BCUT2D eigenvalue weighted by Gasteiger charge is 2.12. The minimum atomic E-state index is 0.445. The molecule has 0 amide bonds. The van der Waals surface area contributed by atoms with Gasteiger partial charge in [0, 0.05) is 31.5 Å². The van der Waals surface area contributed by atoms with Crippen molar-refractivity contribution in [3.05, 3.63) is 54.3 Å². The summed E-state index contributed by atoms with van der Waals surface area (Å²) in [6, 6.07) is 5.86. The standard InChI is InChI=1S/C19H28N4O2/c1-4-10-20-19(21-11-9-16-8-7-12-24-16)22-14-17-13-18(23-25-17)15(5-2)6-3/h4,7-8,12-13,15H,1,5-6,9-11,14H2,2-3H3,(H2,20,21,22). The molecule has 0 bridgehead atoms. The van der Waals surface area contributed by atoms with Gasteiger partial charge >= 0.3 is 0 Å². The zero-order valence-electron chi connectivity index (χ0n) is 15.1. The van der Waals surface area contributed by atoms with Crippen molar-refractivity contribution in [2.24, 2.45) is 4.99 Å². The molecule has 0 aliphatic heterocycles. The first-order valence-electron chi connectivity index (χ1n) is 8.87. The number of hydrogen-bond acceptors (Lipinski definition) is 4. The van der Waals surface area contributed by atoms with Gasteiger partial charge in [0.05, 0.1) is 12.0 Å². The van der Waals surface area contributed by atoms with Crippen LogP contribution in [0.1, 0.15) is 49.8 Å². The summed E-state index contributed by atoms with van der Waals surface area (Å²) in [7, 11) is 0. The molecule has 0 radical (unpaired) electrons. The molecule has 2 aromatic heterocycles. The Hall–Kier alpha value is -2.50. The average Bonchev–Trinajstić information content (AvgIpc) is 3.30. The fourth-order valence-corrected chi connectivity index (χ4v) is 2.56. The number of nitrogens with one attached hydrogen (secondary N) is 2. The Kier molecular flexibility index (Phi) is 7.82. The molecule has 2 N–H and O–H groups in total. The van der Waals surface area contributed by atoms with Gasteiger partial charge < -0.3 is 19.6 Å². The molecule has 136 valence electrons. The van der Waals surface area contributed by atoms with E-state index in [0.717, 1.165) is 43.0 Å². The van der Waals surface area contributed by atoms with Crippen molar-refractivity contribution < 1.29 is 8.94 Å². The lowest BCUT2D eigenvalue weighted by molar-refractivity contribution is 0.372. The van der Waals surface area contributed by atoms with Crippen LogP contribution in [-0.2, 0) is 13.0 Å². The van der Waals surface area contributed by atoms with Crippen LogP contribution in [0.2, 0.25) is 0 Å². The monoisotopic (exact) mass is 344 g/mol. The SMILES string of the molecule is C=CCNC(=NCc1cc(C(CC)CC)no1)NCCc1ccco1. The van der Waals surface area contributed by atoms with Gasteiger partial charge in [-0.3, -0.25) is 0 Å². The molecule has 2 aromatic rings. The zero-order chi connectivity index (χ0) is 17.9. The van der Waals surface area contributed by atoms with Gasteiger partial charge in [-0.05, 0) is 25.0 Å². The van der Waals surface area contributed by atoms with Gasteiger partial charge in [-0.2, -0.15) is 0 Å². The molecule has 0 saturated carbocycles. The Morgan fingerprint density at radius 3 is 2.84 bits per heavy atom. The van der Waals surface area contributed by atoms with Crippen molar-refractivity contribution >= 4 is 5.96 Å². The Balaban J connectivity index is 1.90. The van der Waals surface area contributed by atoms with E-state index in [1.165, 1.54) is 0 Å². The Morgan fingerprint density at radius 2 is 2.16 bits per heavy atom. The minimum absolute atomic E-state index is 0.445. The molecule has 0 aliphatic carbocycles. The maximum atomic E-state index is 5.42. The van der Waals surface area contributed by atoms with Crippen LogP contribution in [0.3, 0.4) is 0 Å². The summed E-state index contributed by atoms with van der Waals surface area (Å²) in [5.41, 5.74) is 1.02. The molecule has 0 spiro atoms. The van der Waals surface area contributed by atoms with Crippen LogP contribution in [0.15, 0.2) is 51.0 Å². The van der Waals surface area contributed by atoms with E-state index < -0.39 is 0 Å². The molecule has 25 heavy (non-hydrogen) atoms. The second kappa shape index (κ2) is 10.4. The molecule has 0 atom stereocenters. The molecule has 0 fully saturated rings. The van der Waals surface area contributed by atoms with Crippen LogP contribution in [0.4, 0.5) is 0 Å². The molecular weight excluding hydrogens is 316 g/mol. The van der Waals surface area contributed by atoms with Gasteiger partial charge in [0.1, 0.15) is 12.3 Å². The largest absolute Gasteiger partial charge is 0.469 e. The Labute approximate surface area is 149 Å². The lowest BCUT2D eigenvalue weighted by Gasteiger charge is -2.10. The molecule has 6 heteroatoms. The third kappa shape index (κ3) is 6.14.